The molecule has 6 rings (SSSR count). The molecule has 49 heavy (non-hydrogen) atoms. The summed E-state index contributed by atoms with van der Waals surface area (Å²) in [6.45, 7) is 15.2. The maximum absolute atomic E-state index is 13.0. The molecular formula is C31H38B2Cl2F5N5O4. The maximum atomic E-state index is 13.0. The molecule has 2 aromatic heterocycles. The van der Waals surface area contributed by atoms with Crippen molar-refractivity contribution in [2.45, 2.75) is 110 Å². The molecule has 2 saturated heterocycles. The Morgan fingerprint density at radius 3 is 1.55 bits per heavy atom. The molecule has 9 nitrogen and oxygen atoms in total. The van der Waals surface area contributed by atoms with Crippen LogP contribution in [0.2, 0.25) is 10.0 Å². The molecule has 2 aliphatic rings. The Bertz CT molecular complexity index is 1870. The Balaban J connectivity index is 0.000000191. The van der Waals surface area contributed by atoms with Crippen LogP contribution in [0.3, 0.4) is 0 Å². The van der Waals surface area contributed by atoms with Gasteiger partial charge in [-0.1, -0.05) is 35.3 Å². The highest BCUT2D eigenvalue weighted by molar-refractivity contribution is 6.66. The van der Waals surface area contributed by atoms with Gasteiger partial charge in [0.15, 0.2) is 5.82 Å². The van der Waals surface area contributed by atoms with Crippen molar-refractivity contribution in [3.8, 4) is 0 Å². The Kier molecular flexibility index (Phi) is 9.64. The number of anilines is 1. The summed E-state index contributed by atoms with van der Waals surface area (Å²) in [5, 5.41) is 9.67. The highest BCUT2D eigenvalue weighted by Crippen LogP contribution is 2.39. The number of alkyl halides is 5. The second-order valence-electron chi connectivity index (χ2n) is 14.2. The van der Waals surface area contributed by atoms with E-state index in [2.05, 4.69) is 10.2 Å². The first-order chi connectivity index (χ1) is 22.4. The SMILES string of the molecule is CC1(C)OB(c2ccc(Cl)c3c(N)nn(CC(F)(F)F)c23)OC1(C)C.Cc1nn(CC(F)F)c2c(B3OC(C)(C)C(C)(C)O3)ccc(Cl)c12. The van der Waals surface area contributed by atoms with Gasteiger partial charge in [-0.25, -0.2) is 8.78 Å². The molecular weight excluding hydrogens is 694 g/mol. The molecule has 0 saturated carbocycles. The van der Waals surface area contributed by atoms with Crippen LogP contribution in [0, 0.1) is 6.92 Å². The van der Waals surface area contributed by atoms with Crippen molar-refractivity contribution in [2.75, 3.05) is 5.73 Å². The molecule has 0 aliphatic carbocycles. The zero-order chi connectivity index (χ0) is 36.6. The Morgan fingerprint density at radius 1 is 0.735 bits per heavy atom. The Morgan fingerprint density at radius 2 is 1.14 bits per heavy atom. The van der Waals surface area contributed by atoms with E-state index in [0.717, 1.165) is 4.68 Å². The second-order valence-corrected chi connectivity index (χ2v) is 15.0. The van der Waals surface area contributed by atoms with Gasteiger partial charge in [-0.05, 0) is 74.4 Å². The molecule has 266 valence electrons. The van der Waals surface area contributed by atoms with Crippen molar-refractivity contribution in [2.24, 2.45) is 0 Å². The first-order valence-corrected chi connectivity index (χ1v) is 16.3. The number of benzene rings is 2. The number of aryl methyl sites for hydroxylation is 1. The predicted molar refractivity (Wildman–Crippen MR) is 182 cm³/mol. The molecule has 0 radical (unpaired) electrons. The summed E-state index contributed by atoms with van der Waals surface area (Å²) in [5.74, 6) is -0.0670. The number of fused-ring (bicyclic) bond motifs is 2. The van der Waals surface area contributed by atoms with Gasteiger partial charge in [0, 0.05) is 16.3 Å². The van der Waals surface area contributed by atoms with E-state index >= 15 is 0 Å². The monoisotopic (exact) mass is 731 g/mol. The number of aromatic nitrogens is 4. The molecule has 2 N–H and O–H groups in total. The lowest BCUT2D eigenvalue weighted by molar-refractivity contribution is -0.141. The van der Waals surface area contributed by atoms with Crippen molar-refractivity contribution in [1.29, 1.82) is 0 Å². The molecule has 0 atom stereocenters. The van der Waals surface area contributed by atoms with Crippen LogP contribution in [-0.2, 0) is 31.7 Å². The van der Waals surface area contributed by atoms with Crippen molar-refractivity contribution >= 4 is 76.0 Å². The lowest BCUT2D eigenvalue weighted by Gasteiger charge is -2.32. The summed E-state index contributed by atoms with van der Waals surface area (Å²) >= 11 is 12.4. The zero-order valence-corrected chi connectivity index (χ0v) is 30.1. The summed E-state index contributed by atoms with van der Waals surface area (Å²) in [4.78, 5) is 0. The fourth-order valence-corrected chi connectivity index (χ4v) is 6.23. The first-order valence-electron chi connectivity index (χ1n) is 15.5. The van der Waals surface area contributed by atoms with Gasteiger partial charge >= 0.3 is 20.4 Å². The number of hydrogen-bond acceptors (Lipinski definition) is 7. The van der Waals surface area contributed by atoms with Crippen molar-refractivity contribution in [3.05, 3.63) is 40.0 Å². The van der Waals surface area contributed by atoms with Gasteiger partial charge in [-0.15, -0.1) is 0 Å². The normalized spacial score (nSPS) is 19.7. The number of halogens is 7. The lowest BCUT2D eigenvalue weighted by atomic mass is 9.77. The predicted octanol–water partition coefficient (Wildman–Crippen LogP) is 6.70. The minimum Gasteiger partial charge on any atom is -0.399 e. The van der Waals surface area contributed by atoms with Gasteiger partial charge in [0.25, 0.3) is 6.43 Å². The molecule has 4 heterocycles. The summed E-state index contributed by atoms with van der Waals surface area (Å²) in [6.07, 6.45) is -6.97. The summed E-state index contributed by atoms with van der Waals surface area (Å²) in [7, 11) is -1.52. The van der Waals surface area contributed by atoms with E-state index in [1.807, 2.05) is 55.4 Å². The maximum Gasteiger partial charge on any atom is 0.497 e. The van der Waals surface area contributed by atoms with Crippen LogP contribution in [0.15, 0.2) is 24.3 Å². The van der Waals surface area contributed by atoms with Crippen molar-refractivity contribution in [3.63, 3.8) is 0 Å². The van der Waals surface area contributed by atoms with Gasteiger partial charge in [0.05, 0.1) is 54.6 Å². The fourth-order valence-electron chi connectivity index (χ4n) is 5.69. The zero-order valence-electron chi connectivity index (χ0n) is 28.6. The molecule has 0 amide bonds. The minimum atomic E-state index is -4.46. The molecule has 2 fully saturated rings. The second kappa shape index (κ2) is 12.6. The average Bonchev–Trinajstić information content (AvgIpc) is 3.57. The molecule has 0 bridgehead atoms. The summed E-state index contributed by atoms with van der Waals surface area (Å²) in [6, 6.07) is 6.63. The van der Waals surface area contributed by atoms with E-state index in [-0.39, 0.29) is 21.7 Å². The molecule has 4 aromatic rings. The van der Waals surface area contributed by atoms with E-state index < -0.39 is 62.3 Å². The van der Waals surface area contributed by atoms with Gasteiger partial charge < -0.3 is 24.4 Å². The third-order valence-electron chi connectivity index (χ3n) is 9.60. The fraction of sp³-hybridized carbons (Fsp3) is 0.548. The smallest absolute Gasteiger partial charge is 0.399 e. The number of nitrogen functional groups attached to an aromatic ring is 1. The lowest BCUT2D eigenvalue weighted by Crippen LogP contribution is -2.41. The minimum absolute atomic E-state index is 0.0670. The number of rotatable bonds is 5. The third-order valence-corrected chi connectivity index (χ3v) is 10.2. The largest absolute Gasteiger partial charge is 0.497 e. The van der Waals surface area contributed by atoms with Crippen LogP contribution in [0.5, 0.6) is 0 Å². The molecule has 2 aromatic carbocycles. The Labute approximate surface area is 291 Å². The quantitative estimate of drug-likeness (QED) is 0.180. The van der Waals surface area contributed by atoms with Gasteiger partial charge in [-0.3, -0.25) is 9.36 Å². The summed E-state index contributed by atoms with van der Waals surface area (Å²) < 4.78 is 90.9. The van der Waals surface area contributed by atoms with E-state index in [1.54, 1.807) is 31.2 Å². The van der Waals surface area contributed by atoms with Gasteiger partial charge in [-0.2, -0.15) is 23.4 Å². The standard InChI is InChI=1S/C16H20BClF2N2O2.C15H18BClF3N3O2/c1-9-13-11(18)7-6-10(14(13)22(21-9)8-12(19)20)17-23-15(2,3)16(4,5)24-17;1-13(2)14(3,4)25-16(24-13)8-5-6-9(17)10-11(8)23(22-12(10)21)7-15(18,19)20/h6-7,12H,8H2,1-5H3;5-6H,7H2,1-4H3,(H2,21,22). The highest BCUT2D eigenvalue weighted by atomic mass is 35.5. The molecule has 18 heteroatoms. The molecule has 2 aliphatic heterocycles. The van der Waals surface area contributed by atoms with Crippen LogP contribution in [0.4, 0.5) is 27.8 Å². The number of nitrogens with two attached hydrogens (primary N) is 1. The van der Waals surface area contributed by atoms with Crippen LogP contribution >= 0.6 is 23.2 Å². The van der Waals surface area contributed by atoms with Gasteiger partial charge in [0.1, 0.15) is 13.1 Å². The van der Waals surface area contributed by atoms with Crippen molar-refractivity contribution < 1.29 is 40.6 Å². The van der Waals surface area contributed by atoms with Crippen molar-refractivity contribution in [1.82, 2.24) is 19.6 Å². The molecule has 0 spiro atoms. The summed E-state index contributed by atoms with van der Waals surface area (Å²) in [5.41, 5.74) is 5.88. The van der Waals surface area contributed by atoms with Gasteiger partial charge in [0.2, 0.25) is 0 Å². The average molecular weight is 732 g/mol. The van der Waals surface area contributed by atoms with E-state index in [4.69, 9.17) is 47.6 Å². The highest BCUT2D eigenvalue weighted by Gasteiger charge is 2.53. The number of hydrogen-bond donors (Lipinski definition) is 1. The van der Waals surface area contributed by atoms with E-state index in [9.17, 15) is 22.0 Å². The number of nitrogens with zero attached hydrogens (tertiary/aromatic N) is 4. The third kappa shape index (κ3) is 7.01. The Hall–Kier alpha value is -2.62. The van der Waals surface area contributed by atoms with Crippen LogP contribution in [0.1, 0.15) is 61.1 Å². The van der Waals surface area contributed by atoms with Crippen LogP contribution < -0.4 is 16.7 Å². The topological polar surface area (TPSA) is 98.6 Å². The van der Waals surface area contributed by atoms with Crippen LogP contribution in [-0.4, -0.2) is 68.8 Å². The molecule has 0 unspecified atom stereocenters. The van der Waals surface area contributed by atoms with Crippen LogP contribution in [0.25, 0.3) is 21.8 Å². The first kappa shape index (κ1) is 37.6. The van der Waals surface area contributed by atoms with E-state index in [1.165, 1.54) is 4.68 Å². The van der Waals surface area contributed by atoms with E-state index in [0.29, 0.717) is 32.5 Å².